The van der Waals surface area contributed by atoms with E-state index in [1.807, 2.05) is 20.8 Å². The molecule has 2 rings (SSSR count). The first-order valence-electron chi connectivity index (χ1n) is 7.70. The molecule has 0 saturated carbocycles. The number of rotatable bonds is 6. The summed E-state index contributed by atoms with van der Waals surface area (Å²) in [5.41, 5.74) is 0.270. The van der Waals surface area contributed by atoms with Gasteiger partial charge in [0.1, 0.15) is 28.8 Å². The lowest BCUT2D eigenvalue weighted by atomic mass is 10.2. The molecule has 0 aliphatic heterocycles. The standard InChI is InChI=1S/C17H20F2N4O/c1-10(2)16-22-11(3)9-14(23-16)20-7-8-21-17(24)15-12(18)5-4-6-13(15)19/h4-6,9-10H,7-8H2,1-3H3,(H,21,24)(H,20,22,23). The molecule has 0 spiro atoms. The van der Waals surface area contributed by atoms with E-state index in [9.17, 15) is 13.6 Å². The molecule has 0 atom stereocenters. The second-order valence-corrected chi connectivity index (χ2v) is 5.69. The van der Waals surface area contributed by atoms with Gasteiger partial charge in [0.05, 0.1) is 0 Å². The molecule has 0 radical (unpaired) electrons. The van der Waals surface area contributed by atoms with E-state index in [4.69, 9.17) is 0 Å². The zero-order valence-corrected chi connectivity index (χ0v) is 13.9. The van der Waals surface area contributed by atoms with E-state index >= 15 is 0 Å². The Morgan fingerprint density at radius 1 is 1.17 bits per heavy atom. The van der Waals surface area contributed by atoms with E-state index in [0.29, 0.717) is 12.4 Å². The Hall–Kier alpha value is -2.57. The number of carbonyl (C=O) groups is 1. The van der Waals surface area contributed by atoms with Crippen LogP contribution in [0.4, 0.5) is 14.6 Å². The molecule has 2 aromatic rings. The topological polar surface area (TPSA) is 66.9 Å². The molecule has 7 heteroatoms. The fourth-order valence-corrected chi connectivity index (χ4v) is 2.11. The number of nitrogens with zero attached hydrogens (tertiary/aromatic N) is 2. The summed E-state index contributed by atoms with van der Waals surface area (Å²) in [5.74, 6) is -0.960. The third-order valence-corrected chi connectivity index (χ3v) is 3.29. The van der Waals surface area contributed by atoms with Crippen LogP contribution < -0.4 is 10.6 Å². The lowest BCUT2D eigenvalue weighted by molar-refractivity contribution is 0.0946. The molecule has 0 saturated heterocycles. The van der Waals surface area contributed by atoms with Crippen molar-refractivity contribution in [3.05, 3.63) is 53.0 Å². The van der Waals surface area contributed by atoms with E-state index < -0.39 is 23.1 Å². The van der Waals surface area contributed by atoms with Gasteiger partial charge >= 0.3 is 0 Å². The maximum atomic E-state index is 13.5. The van der Waals surface area contributed by atoms with Gasteiger partial charge in [-0.15, -0.1) is 0 Å². The van der Waals surface area contributed by atoms with Crippen molar-refractivity contribution in [3.8, 4) is 0 Å². The van der Waals surface area contributed by atoms with E-state index in [1.54, 1.807) is 6.07 Å². The second kappa shape index (κ2) is 7.81. The minimum Gasteiger partial charge on any atom is -0.368 e. The molecule has 1 heterocycles. The third-order valence-electron chi connectivity index (χ3n) is 3.29. The van der Waals surface area contributed by atoms with Crippen molar-refractivity contribution in [1.29, 1.82) is 0 Å². The number of aromatic nitrogens is 2. The molecule has 24 heavy (non-hydrogen) atoms. The van der Waals surface area contributed by atoms with E-state index in [0.717, 1.165) is 23.7 Å². The Balaban J connectivity index is 1.90. The normalized spacial score (nSPS) is 10.8. The maximum absolute atomic E-state index is 13.5. The van der Waals surface area contributed by atoms with Crippen LogP contribution in [0.25, 0.3) is 0 Å². The summed E-state index contributed by atoms with van der Waals surface area (Å²) in [6, 6.07) is 5.11. The largest absolute Gasteiger partial charge is 0.368 e. The number of anilines is 1. The van der Waals surface area contributed by atoms with E-state index in [2.05, 4.69) is 20.6 Å². The van der Waals surface area contributed by atoms with Gasteiger partial charge in [-0.1, -0.05) is 19.9 Å². The highest BCUT2D eigenvalue weighted by Crippen LogP contribution is 2.13. The van der Waals surface area contributed by atoms with Crippen LogP contribution in [0.3, 0.4) is 0 Å². The van der Waals surface area contributed by atoms with Crippen molar-refractivity contribution in [1.82, 2.24) is 15.3 Å². The number of aryl methyl sites for hydroxylation is 1. The summed E-state index contributed by atoms with van der Waals surface area (Å²) in [4.78, 5) is 20.6. The number of halogens is 2. The minimum atomic E-state index is -0.881. The van der Waals surface area contributed by atoms with Crippen LogP contribution in [-0.2, 0) is 0 Å². The molecule has 1 aromatic carbocycles. The highest BCUT2D eigenvalue weighted by atomic mass is 19.1. The number of amides is 1. The zero-order valence-electron chi connectivity index (χ0n) is 13.9. The summed E-state index contributed by atoms with van der Waals surface area (Å²) in [5, 5.41) is 5.54. The van der Waals surface area contributed by atoms with Gasteiger partial charge < -0.3 is 10.6 Å². The van der Waals surface area contributed by atoms with Crippen molar-refractivity contribution in [3.63, 3.8) is 0 Å². The Morgan fingerprint density at radius 2 is 1.83 bits per heavy atom. The molecule has 5 nitrogen and oxygen atoms in total. The lowest BCUT2D eigenvalue weighted by Crippen LogP contribution is -2.30. The molecule has 0 bridgehead atoms. The van der Waals surface area contributed by atoms with E-state index in [1.165, 1.54) is 6.07 Å². The maximum Gasteiger partial charge on any atom is 0.257 e. The fraction of sp³-hybridized carbons (Fsp3) is 0.353. The third kappa shape index (κ3) is 4.47. The number of hydrogen-bond donors (Lipinski definition) is 2. The number of carbonyl (C=O) groups excluding carboxylic acids is 1. The van der Waals surface area contributed by atoms with Gasteiger partial charge in [-0.2, -0.15) is 0 Å². The molecule has 1 aromatic heterocycles. The number of hydrogen-bond acceptors (Lipinski definition) is 4. The van der Waals surface area contributed by atoms with Crippen molar-refractivity contribution in [2.45, 2.75) is 26.7 Å². The summed E-state index contributed by atoms with van der Waals surface area (Å²) < 4.78 is 27.0. The first-order valence-corrected chi connectivity index (χ1v) is 7.70. The Morgan fingerprint density at radius 3 is 2.46 bits per heavy atom. The monoisotopic (exact) mass is 334 g/mol. The Kier molecular flexibility index (Phi) is 5.78. The lowest BCUT2D eigenvalue weighted by Gasteiger charge is -2.11. The predicted octanol–water partition coefficient (Wildman–Crippen LogP) is 3.03. The average Bonchev–Trinajstić information content (AvgIpc) is 2.51. The molecule has 128 valence electrons. The zero-order chi connectivity index (χ0) is 17.7. The Labute approximate surface area is 139 Å². The molecule has 2 N–H and O–H groups in total. The summed E-state index contributed by atoms with van der Waals surface area (Å²) in [6.45, 7) is 6.45. The van der Waals surface area contributed by atoms with Crippen molar-refractivity contribution < 1.29 is 13.6 Å². The highest BCUT2D eigenvalue weighted by molar-refractivity contribution is 5.94. The predicted molar refractivity (Wildman–Crippen MR) is 88.0 cm³/mol. The van der Waals surface area contributed by atoms with Gasteiger partial charge in [-0.3, -0.25) is 4.79 Å². The van der Waals surface area contributed by atoms with Crippen molar-refractivity contribution in [2.24, 2.45) is 0 Å². The average molecular weight is 334 g/mol. The molecular weight excluding hydrogens is 314 g/mol. The van der Waals surface area contributed by atoms with Crippen LogP contribution in [0.1, 0.15) is 41.6 Å². The fourth-order valence-electron chi connectivity index (χ4n) is 2.11. The molecular formula is C17H20F2N4O. The summed E-state index contributed by atoms with van der Waals surface area (Å²) in [6.07, 6.45) is 0. The summed E-state index contributed by atoms with van der Waals surface area (Å²) in [7, 11) is 0. The highest BCUT2D eigenvalue weighted by Gasteiger charge is 2.16. The van der Waals surface area contributed by atoms with Gasteiger partial charge in [0.2, 0.25) is 0 Å². The van der Waals surface area contributed by atoms with Crippen LogP contribution in [0.5, 0.6) is 0 Å². The van der Waals surface area contributed by atoms with Gasteiger partial charge in [-0.25, -0.2) is 18.7 Å². The van der Waals surface area contributed by atoms with Gasteiger partial charge in [0.15, 0.2) is 0 Å². The van der Waals surface area contributed by atoms with Crippen LogP contribution >= 0.6 is 0 Å². The molecule has 0 fully saturated rings. The summed E-state index contributed by atoms with van der Waals surface area (Å²) >= 11 is 0. The van der Waals surface area contributed by atoms with Gasteiger partial charge in [0.25, 0.3) is 5.91 Å². The van der Waals surface area contributed by atoms with Crippen LogP contribution in [0, 0.1) is 18.6 Å². The van der Waals surface area contributed by atoms with Crippen LogP contribution in [-0.4, -0.2) is 29.0 Å². The SMILES string of the molecule is Cc1cc(NCCNC(=O)c2c(F)cccc2F)nc(C(C)C)n1. The second-order valence-electron chi connectivity index (χ2n) is 5.69. The molecule has 0 aliphatic carbocycles. The first-order chi connectivity index (χ1) is 11.4. The smallest absolute Gasteiger partial charge is 0.257 e. The van der Waals surface area contributed by atoms with Crippen molar-refractivity contribution in [2.75, 3.05) is 18.4 Å². The van der Waals surface area contributed by atoms with E-state index in [-0.39, 0.29) is 12.5 Å². The van der Waals surface area contributed by atoms with Gasteiger partial charge in [0, 0.05) is 30.8 Å². The van der Waals surface area contributed by atoms with Crippen LogP contribution in [0.2, 0.25) is 0 Å². The van der Waals surface area contributed by atoms with Gasteiger partial charge in [-0.05, 0) is 19.1 Å². The first kappa shape index (κ1) is 17.8. The van der Waals surface area contributed by atoms with Crippen molar-refractivity contribution >= 4 is 11.7 Å². The van der Waals surface area contributed by atoms with Crippen LogP contribution in [0.15, 0.2) is 24.3 Å². The molecule has 0 unspecified atom stereocenters. The molecule has 1 amide bonds. The Bertz CT molecular complexity index is 714. The number of nitrogens with one attached hydrogen (secondary N) is 2. The minimum absolute atomic E-state index is 0.201. The number of benzene rings is 1. The molecule has 0 aliphatic rings. The quantitative estimate of drug-likeness (QED) is 0.797.